The molecule has 110 valence electrons. The van der Waals surface area contributed by atoms with E-state index < -0.39 is 0 Å². The maximum absolute atomic E-state index is 6.34. The van der Waals surface area contributed by atoms with Crippen molar-refractivity contribution in [3.8, 4) is 0 Å². The maximum Gasteiger partial charge on any atom is 0.196 e. The van der Waals surface area contributed by atoms with Gasteiger partial charge in [0, 0.05) is 27.2 Å². The predicted molar refractivity (Wildman–Crippen MR) is 84.1 cm³/mol. The molecular weight excluding hydrogens is 367 g/mol. The Hall–Kier alpha value is -0.260. The van der Waals surface area contributed by atoms with Gasteiger partial charge in [-0.2, -0.15) is 0 Å². The number of rotatable bonds is 5. The van der Waals surface area contributed by atoms with Crippen LogP contribution in [0.3, 0.4) is 0 Å². The molecular formula is C14H15BrCl2O3. The predicted octanol–water partition coefficient (Wildman–Crippen LogP) is 4.90. The van der Waals surface area contributed by atoms with Crippen molar-refractivity contribution < 1.29 is 14.2 Å². The van der Waals surface area contributed by atoms with Crippen LogP contribution in [-0.4, -0.2) is 26.1 Å². The molecule has 20 heavy (non-hydrogen) atoms. The molecule has 1 aromatic carbocycles. The Labute approximate surface area is 136 Å². The van der Waals surface area contributed by atoms with Gasteiger partial charge in [-0.15, -0.1) is 0 Å². The number of hydrogen-bond donors (Lipinski definition) is 0. The fraction of sp³-hybridized carbons (Fsp3) is 0.429. The average Bonchev–Trinajstić information content (AvgIpc) is 2.31. The smallest absolute Gasteiger partial charge is 0.196 e. The second kappa shape index (κ2) is 7.14. The third-order valence-corrected chi connectivity index (χ3v) is 4.28. The van der Waals surface area contributed by atoms with E-state index >= 15 is 0 Å². The first-order chi connectivity index (χ1) is 9.52. The summed E-state index contributed by atoms with van der Waals surface area (Å²) >= 11 is 15.8. The van der Waals surface area contributed by atoms with E-state index in [-0.39, 0.29) is 6.29 Å². The lowest BCUT2D eigenvalue weighted by Crippen LogP contribution is -2.22. The summed E-state index contributed by atoms with van der Waals surface area (Å²) < 4.78 is 17.3. The zero-order valence-corrected chi connectivity index (χ0v) is 14.3. The Morgan fingerprint density at radius 1 is 1.40 bits per heavy atom. The van der Waals surface area contributed by atoms with Gasteiger partial charge < -0.3 is 14.2 Å². The lowest BCUT2D eigenvalue weighted by Gasteiger charge is -2.26. The van der Waals surface area contributed by atoms with Crippen LogP contribution >= 0.6 is 39.1 Å². The van der Waals surface area contributed by atoms with Gasteiger partial charge in [0.2, 0.25) is 0 Å². The minimum absolute atomic E-state index is 0.364. The summed E-state index contributed by atoms with van der Waals surface area (Å²) in [5, 5.41) is 1.15. The highest BCUT2D eigenvalue weighted by atomic mass is 79.9. The van der Waals surface area contributed by atoms with E-state index in [4.69, 9.17) is 37.4 Å². The fourth-order valence-corrected chi connectivity index (χ4v) is 2.83. The van der Waals surface area contributed by atoms with Crippen molar-refractivity contribution in [3.63, 3.8) is 0 Å². The van der Waals surface area contributed by atoms with Crippen LogP contribution in [0.1, 0.15) is 19.4 Å². The average molecular weight is 382 g/mol. The Balaban J connectivity index is 2.38. The highest BCUT2D eigenvalue weighted by molar-refractivity contribution is 9.10. The van der Waals surface area contributed by atoms with Crippen LogP contribution < -0.4 is 0 Å². The lowest BCUT2D eigenvalue weighted by molar-refractivity contribution is -0.0806. The summed E-state index contributed by atoms with van der Waals surface area (Å²) in [6.07, 6.45) is -0.364. The molecule has 0 aromatic heterocycles. The van der Waals surface area contributed by atoms with Crippen molar-refractivity contribution >= 4 is 44.9 Å². The van der Waals surface area contributed by atoms with Gasteiger partial charge in [0.05, 0.1) is 18.2 Å². The van der Waals surface area contributed by atoms with Gasteiger partial charge >= 0.3 is 0 Å². The minimum Gasteiger partial charge on any atom is -0.464 e. The summed E-state index contributed by atoms with van der Waals surface area (Å²) in [6, 6.07) is 3.53. The monoisotopic (exact) mass is 380 g/mol. The van der Waals surface area contributed by atoms with Crippen molar-refractivity contribution in [2.24, 2.45) is 0 Å². The standard InChI is InChI=1S/C14H15BrCl2O3/c1-3-19-8(2)20-14(9-6-18-7-9)11-4-10(16)5-12(15)13(11)17/h4-5,8H,3,6-7H2,1-2H3. The molecule has 0 aliphatic carbocycles. The SMILES string of the molecule is CCOC(C)OC(=C1COC1)c1cc(Cl)cc(Br)c1Cl. The Bertz CT molecular complexity index is 525. The molecule has 0 bridgehead atoms. The summed E-state index contributed by atoms with van der Waals surface area (Å²) in [5.74, 6) is 0.686. The van der Waals surface area contributed by atoms with E-state index in [1.54, 1.807) is 12.1 Å². The van der Waals surface area contributed by atoms with E-state index in [9.17, 15) is 0 Å². The number of hydrogen-bond acceptors (Lipinski definition) is 3. The molecule has 1 heterocycles. The summed E-state index contributed by atoms with van der Waals surface area (Å²) in [6.45, 7) is 5.41. The van der Waals surface area contributed by atoms with E-state index in [0.29, 0.717) is 35.6 Å². The molecule has 6 heteroatoms. The summed E-state index contributed by atoms with van der Waals surface area (Å²) in [4.78, 5) is 0. The second-order valence-corrected chi connectivity index (χ2v) is 5.98. The molecule has 1 aliphatic rings. The van der Waals surface area contributed by atoms with E-state index in [2.05, 4.69) is 15.9 Å². The summed E-state index contributed by atoms with van der Waals surface area (Å²) in [7, 11) is 0. The first-order valence-corrected chi connectivity index (χ1v) is 7.80. The van der Waals surface area contributed by atoms with E-state index in [1.807, 2.05) is 13.8 Å². The first-order valence-electron chi connectivity index (χ1n) is 6.25. The summed E-state index contributed by atoms with van der Waals surface area (Å²) in [5.41, 5.74) is 1.79. The Kier molecular flexibility index (Phi) is 5.75. The Morgan fingerprint density at radius 3 is 2.65 bits per heavy atom. The van der Waals surface area contributed by atoms with Gasteiger partial charge in [0.25, 0.3) is 0 Å². The van der Waals surface area contributed by atoms with Gasteiger partial charge in [-0.3, -0.25) is 0 Å². The molecule has 1 aliphatic heterocycles. The number of ether oxygens (including phenoxy) is 3. The van der Waals surface area contributed by atoms with Gasteiger partial charge in [-0.1, -0.05) is 23.2 Å². The molecule has 0 radical (unpaired) electrons. The van der Waals surface area contributed by atoms with Crippen molar-refractivity contribution in [3.05, 3.63) is 37.8 Å². The first kappa shape index (κ1) is 16.1. The minimum atomic E-state index is -0.364. The normalized spacial score (nSPS) is 15.8. The zero-order chi connectivity index (χ0) is 14.7. The van der Waals surface area contributed by atoms with Crippen LogP contribution in [0.4, 0.5) is 0 Å². The van der Waals surface area contributed by atoms with Gasteiger partial charge in [0.1, 0.15) is 5.76 Å². The molecule has 2 rings (SSSR count). The lowest BCUT2D eigenvalue weighted by atomic mass is 10.1. The largest absolute Gasteiger partial charge is 0.464 e. The van der Waals surface area contributed by atoms with Crippen molar-refractivity contribution in [1.29, 1.82) is 0 Å². The van der Waals surface area contributed by atoms with E-state index in [0.717, 1.165) is 15.6 Å². The third kappa shape index (κ3) is 3.68. The van der Waals surface area contributed by atoms with E-state index in [1.165, 1.54) is 0 Å². The molecule has 0 N–H and O–H groups in total. The fourth-order valence-electron chi connectivity index (χ4n) is 1.83. The third-order valence-electron chi connectivity index (χ3n) is 2.80. The van der Waals surface area contributed by atoms with Gasteiger partial charge in [-0.05, 0) is 41.9 Å². The maximum atomic E-state index is 6.34. The molecule has 0 amide bonds. The van der Waals surface area contributed by atoms with Crippen LogP contribution in [-0.2, 0) is 14.2 Å². The second-order valence-electron chi connectivity index (χ2n) is 4.32. The van der Waals surface area contributed by atoms with Crippen LogP contribution in [0.25, 0.3) is 5.76 Å². The molecule has 0 saturated carbocycles. The molecule has 3 nitrogen and oxygen atoms in total. The Morgan fingerprint density at radius 2 is 2.10 bits per heavy atom. The van der Waals surface area contributed by atoms with Crippen molar-refractivity contribution in [1.82, 2.24) is 0 Å². The topological polar surface area (TPSA) is 27.7 Å². The number of benzene rings is 1. The van der Waals surface area contributed by atoms with Crippen LogP contribution in [0.15, 0.2) is 22.2 Å². The molecule has 1 aromatic rings. The van der Waals surface area contributed by atoms with Crippen LogP contribution in [0.2, 0.25) is 10.0 Å². The van der Waals surface area contributed by atoms with Gasteiger partial charge in [-0.25, -0.2) is 0 Å². The molecule has 1 fully saturated rings. The molecule has 1 unspecified atom stereocenters. The van der Waals surface area contributed by atoms with Crippen LogP contribution in [0, 0.1) is 0 Å². The van der Waals surface area contributed by atoms with Gasteiger partial charge in [0.15, 0.2) is 6.29 Å². The zero-order valence-electron chi connectivity index (χ0n) is 11.2. The highest BCUT2D eigenvalue weighted by Crippen LogP contribution is 2.37. The van der Waals surface area contributed by atoms with Crippen LogP contribution in [0.5, 0.6) is 0 Å². The van der Waals surface area contributed by atoms with Crippen molar-refractivity contribution in [2.45, 2.75) is 20.1 Å². The number of halogens is 3. The van der Waals surface area contributed by atoms with Crippen molar-refractivity contribution in [2.75, 3.05) is 19.8 Å². The molecule has 1 saturated heterocycles. The highest BCUT2D eigenvalue weighted by Gasteiger charge is 2.23. The quantitative estimate of drug-likeness (QED) is 0.412. The molecule has 1 atom stereocenters. The molecule has 0 spiro atoms.